The first-order valence-electron chi connectivity index (χ1n) is 10.2. The van der Waals surface area contributed by atoms with Crippen LogP contribution in [0.15, 0.2) is 101 Å². The van der Waals surface area contributed by atoms with E-state index in [1.54, 1.807) is 29.6 Å². The number of rotatable bonds is 9. The van der Waals surface area contributed by atoms with E-state index in [9.17, 15) is 13.2 Å². The maximum absolute atomic E-state index is 12.6. The number of benzene rings is 3. The first-order valence-corrected chi connectivity index (χ1v) is 12.6. The van der Waals surface area contributed by atoms with Gasteiger partial charge in [-0.25, -0.2) is 8.42 Å². The number of amides is 1. The van der Waals surface area contributed by atoms with Crippen LogP contribution in [0.2, 0.25) is 0 Å². The number of sulfonamides is 1. The van der Waals surface area contributed by atoms with Crippen LogP contribution in [-0.2, 0) is 23.2 Å². The number of hydrogen-bond donors (Lipinski definition) is 2. The predicted molar refractivity (Wildman–Crippen MR) is 130 cm³/mol. The van der Waals surface area contributed by atoms with Crippen LogP contribution in [0.1, 0.15) is 21.5 Å². The van der Waals surface area contributed by atoms with E-state index in [0.717, 1.165) is 28.2 Å². The Bertz CT molecular complexity index is 1320. The Morgan fingerprint density at radius 1 is 0.848 bits per heavy atom. The van der Waals surface area contributed by atoms with E-state index < -0.39 is 10.0 Å². The highest BCUT2D eigenvalue weighted by molar-refractivity contribution is 7.94. The molecule has 0 bridgehead atoms. The maximum Gasteiger partial charge on any atom is 0.271 e. The molecular formula is C25H22N2O4S2. The number of nitrogens with one attached hydrogen (secondary N) is 2. The number of para-hydroxylation sites is 1. The smallest absolute Gasteiger partial charge is 0.271 e. The summed E-state index contributed by atoms with van der Waals surface area (Å²) in [7, 11) is -3.67. The maximum atomic E-state index is 12.6. The molecule has 2 N–H and O–H groups in total. The lowest BCUT2D eigenvalue weighted by atomic mass is 10.1. The molecule has 168 valence electrons. The molecule has 0 saturated carbocycles. The van der Waals surface area contributed by atoms with Crippen molar-refractivity contribution < 1.29 is 17.9 Å². The highest BCUT2D eigenvalue weighted by atomic mass is 32.2. The summed E-state index contributed by atoms with van der Waals surface area (Å²) in [6.07, 6.45) is 0. The van der Waals surface area contributed by atoms with Crippen LogP contribution in [0.3, 0.4) is 0 Å². The minimum absolute atomic E-state index is 0.216. The number of carbonyl (C=O) groups is 1. The molecule has 0 spiro atoms. The van der Waals surface area contributed by atoms with Crippen molar-refractivity contribution in [3.05, 3.63) is 113 Å². The third kappa shape index (κ3) is 6.21. The standard InChI is InChI=1S/C25H22N2O4S2/c28-25(21-9-5-10-22(16-21)27-33(29,30)24-13-6-14-32-24)26-17-19-7-4-8-20(15-19)18-31-23-11-2-1-3-12-23/h1-16,27H,17-18H2,(H,26,28). The van der Waals surface area contributed by atoms with Crippen LogP contribution in [0.4, 0.5) is 5.69 Å². The Hall–Kier alpha value is -3.62. The molecule has 33 heavy (non-hydrogen) atoms. The van der Waals surface area contributed by atoms with Crippen molar-refractivity contribution in [1.29, 1.82) is 0 Å². The Balaban J connectivity index is 1.36. The van der Waals surface area contributed by atoms with Gasteiger partial charge in [-0.05, 0) is 52.9 Å². The van der Waals surface area contributed by atoms with Gasteiger partial charge in [0.2, 0.25) is 0 Å². The van der Waals surface area contributed by atoms with E-state index >= 15 is 0 Å². The summed E-state index contributed by atoms with van der Waals surface area (Å²) >= 11 is 1.13. The fourth-order valence-corrected chi connectivity index (χ4v) is 5.19. The zero-order valence-electron chi connectivity index (χ0n) is 17.6. The third-order valence-corrected chi connectivity index (χ3v) is 7.51. The number of ether oxygens (including phenoxy) is 1. The summed E-state index contributed by atoms with van der Waals surface area (Å²) in [5.74, 6) is 0.504. The van der Waals surface area contributed by atoms with E-state index in [4.69, 9.17) is 4.74 Å². The van der Waals surface area contributed by atoms with E-state index in [0.29, 0.717) is 24.4 Å². The molecule has 0 radical (unpaired) electrons. The van der Waals surface area contributed by atoms with E-state index in [-0.39, 0.29) is 10.1 Å². The monoisotopic (exact) mass is 478 g/mol. The van der Waals surface area contributed by atoms with Gasteiger partial charge in [0, 0.05) is 17.8 Å². The molecule has 0 atom stereocenters. The second kappa shape index (κ2) is 10.3. The van der Waals surface area contributed by atoms with Crippen molar-refractivity contribution >= 4 is 33.0 Å². The Labute approximate surface area is 196 Å². The zero-order chi connectivity index (χ0) is 23.1. The van der Waals surface area contributed by atoms with Gasteiger partial charge in [0.25, 0.3) is 15.9 Å². The molecule has 1 heterocycles. The molecule has 6 nitrogen and oxygen atoms in total. The molecule has 0 fully saturated rings. The van der Waals surface area contributed by atoms with Gasteiger partial charge >= 0.3 is 0 Å². The summed E-state index contributed by atoms with van der Waals surface area (Å²) in [4.78, 5) is 12.6. The molecule has 4 aromatic rings. The van der Waals surface area contributed by atoms with Crippen LogP contribution < -0.4 is 14.8 Å². The SMILES string of the molecule is O=C(NCc1cccc(COc2ccccc2)c1)c1cccc(NS(=O)(=O)c2cccs2)c1. The van der Waals surface area contributed by atoms with E-state index in [1.807, 2.05) is 54.6 Å². The van der Waals surface area contributed by atoms with Crippen LogP contribution in [0.5, 0.6) is 5.75 Å². The Morgan fingerprint density at radius 3 is 2.42 bits per heavy atom. The fraction of sp³-hybridized carbons (Fsp3) is 0.0800. The van der Waals surface area contributed by atoms with E-state index in [1.165, 1.54) is 12.1 Å². The topological polar surface area (TPSA) is 84.5 Å². The van der Waals surface area contributed by atoms with Gasteiger partial charge in [-0.1, -0.05) is 54.6 Å². The Kier molecular flexibility index (Phi) is 7.07. The minimum atomic E-state index is -3.67. The summed E-state index contributed by atoms with van der Waals surface area (Å²) in [5, 5.41) is 4.57. The largest absolute Gasteiger partial charge is 0.489 e. The first kappa shape index (κ1) is 22.6. The summed E-state index contributed by atoms with van der Waals surface area (Å²) in [6.45, 7) is 0.765. The average Bonchev–Trinajstić information content (AvgIpc) is 3.38. The molecule has 0 aliphatic heterocycles. The van der Waals surface area contributed by atoms with E-state index in [2.05, 4.69) is 10.0 Å². The normalized spacial score (nSPS) is 11.0. The number of anilines is 1. The number of hydrogen-bond acceptors (Lipinski definition) is 5. The second-order valence-corrected chi connectivity index (χ2v) is 10.1. The van der Waals surface area contributed by atoms with Crippen LogP contribution in [-0.4, -0.2) is 14.3 Å². The van der Waals surface area contributed by atoms with Gasteiger partial charge in [0.1, 0.15) is 16.6 Å². The zero-order valence-corrected chi connectivity index (χ0v) is 19.2. The highest BCUT2D eigenvalue weighted by Crippen LogP contribution is 2.21. The molecule has 1 amide bonds. The van der Waals surface area contributed by atoms with Crippen molar-refractivity contribution in [3.63, 3.8) is 0 Å². The van der Waals surface area contributed by atoms with Gasteiger partial charge in [0.15, 0.2) is 0 Å². The van der Waals surface area contributed by atoms with Gasteiger partial charge in [-0.2, -0.15) is 0 Å². The molecular weight excluding hydrogens is 456 g/mol. The predicted octanol–water partition coefficient (Wildman–Crippen LogP) is 5.06. The molecule has 0 unspecified atom stereocenters. The molecule has 0 aliphatic rings. The molecule has 0 saturated heterocycles. The van der Waals surface area contributed by atoms with Crippen LogP contribution in [0, 0.1) is 0 Å². The fourth-order valence-electron chi connectivity index (χ4n) is 3.14. The molecule has 8 heteroatoms. The van der Waals surface area contributed by atoms with Gasteiger partial charge < -0.3 is 10.1 Å². The van der Waals surface area contributed by atoms with Crippen LogP contribution in [0.25, 0.3) is 0 Å². The van der Waals surface area contributed by atoms with Crippen molar-refractivity contribution in [2.24, 2.45) is 0 Å². The lowest BCUT2D eigenvalue weighted by Crippen LogP contribution is -2.23. The van der Waals surface area contributed by atoms with Gasteiger partial charge in [-0.3, -0.25) is 9.52 Å². The summed E-state index contributed by atoms with van der Waals surface area (Å²) in [5.41, 5.74) is 2.63. The molecule has 4 rings (SSSR count). The van der Waals surface area contributed by atoms with Crippen molar-refractivity contribution in [3.8, 4) is 5.75 Å². The van der Waals surface area contributed by atoms with Crippen molar-refractivity contribution in [2.45, 2.75) is 17.4 Å². The first-order chi connectivity index (χ1) is 16.0. The molecule has 0 aliphatic carbocycles. The van der Waals surface area contributed by atoms with Crippen molar-refractivity contribution in [2.75, 3.05) is 4.72 Å². The Morgan fingerprint density at radius 2 is 1.64 bits per heavy atom. The summed E-state index contributed by atoms with van der Waals surface area (Å²) < 4.78 is 33.3. The molecule has 3 aromatic carbocycles. The number of carbonyl (C=O) groups excluding carboxylic acids is 1. The third-order valence-electron chi connectivity index (χ3n) is 4.73. The average molecular weight is 479 g/mol. The summed E-state index contributed by atoms with van der Waals surface area (Å²) in [6, 6.07) is 27.0. The van der Waals surface area contributed by atoms with Crippen LogP contribution >= 0.6 is 11.3 Å². The minimum Gasteiger partial charge on any atom is -0.489 e. The van der Waals surface area contributed by atoms with Gasteiger partial charge in [0.05, 0.1) is 0 Å². The lowest BCUT2D eigenvalue weighted by molar-refractivity contribution is 0.0951. The number of thiophene rings is 1. The molecule has 1 aromatic heterocycles. The lowest BCUT2D eigenvalue weighted by Gasteiger charge is -2.10. The van der Waals surface area contributed by atoms with Gasteiger partial charge in [-0.15, -0.1) is 11.3 Å². The van der Waals surface area contributed by atoms with Crippen molar-refractivity contribution in [1.82, 2.24) is 5.32 Å². The highest BCUT2D eigenvalue weighted by Gasteiger charge is 2.16. The second-order valence-electron chi connectivity index (χ2n) is 7.22. The quantitative estimate of drug-likeness (QED) is 0.352.